The van der Waals surface area contributed by atoms with Crippen molar-refractivity contribution in [3.8, 4) is 0 Å². The molecule has 0 atom stereocenters. The number of imide groups is 2. The highest BCUT2D eigenvalue weighted by Gasteiger charge is 2.44. The fraction of sp³-hybridized carbons (Fsp3) is 0.333. The summed E-state index contributed by atoms with van der Waals surface area (Å²) in [5.41, 5.74) is 3.75. The van der Waals surface area contributed by atoms with Crippen LogP contribution in [0.4, 0.5) is 4.79 Å². The second-order valence-corrected chi connectivity index (χ2v) is 5.92. The van der Waals surface area contributed by atoms with Gasteiger partial charge in [0.2, 0.25) is 0 Å². The number of nitrogens with zero attached hydrogens (tertiary/aromatic N) is 2. The molecule has 1 saturated heterocycles. The summed E-state index contributed by atoms with van der Waals surface area (Å²) >= 11 is 0. The summed E-state index contributed by atoms with van der Waals surface area (Å²) < 4.78 is 0. The van der Waals surface area contributed by atoms with Crippen LogP contribution in [0.5, 0.6) is 0 Å². The molecule has 0 aromatic heterocycles. The van der Waals surface area contributed by atoms with Gasteiger partial charge in [-0.3, -0.25) is 24.2 Å². The molecule has 4 amide bonds. The van der Waals surface area contributed by atoms with Crippen LogP contribution in [0.1, 0.15) is 39.5 Å². The Kier molecular flexibility index (Phi) is 4.68. The Morgan fingerprint density at radius 3 is 2.21 bits per heavy atom. The van der Waals surface area contributed by atoms with Crippen molar-refractivity contribution in [1.29, 1.82) is 0 Å². The Labute approximate surface area is 140 Å². The molecule has 1 fully saturated rings. The molecule has 1 heterocycles. The first kappa shape index (κ1) is 17.6. The Morgan fingerprint density at radius 1 is 1.08 bits per heavy atom. The zero-order valence-corrected chi connectivity index (χ0v) is 14.3. The van der Waals surface area contributed by atoms with Gasteiger partial charge < -0.3 is 0 Å². The molecule has 1 aromatic carbocycles. The standard InChI is InChI=1S/C18H20N2O4/c1-6-7-19-16(22)17(23)20(18(19)24)9-14-10(2)8-11(3)15(12(14)4)13(5)21/h6,8H,1,7,9H2,2-5H3. The van der Waals surface area contributed by atoms with Crippen molar-refractivity contribution in [2.75, 3.05) is 6.54 Å². The molecule has 0 saturated carbocycles. The first-order chi connectivity index (χ1) is 11.2. The number of carbonyl (C=O) groups excluding carboxylic acids is 4. The summed E-state index contributed by atoms with van der Waals surface area (Å²) in [6.07, 6.45) is 1.39. The summed E-state index contributed by atoms with van der Waals surface area (Å²) in [5, 5.41) is 0. The van der Waals surface area contributed by atoms with E-state index in [4.69, 9.17) is 0 Å². The lowest BCUT2D eigenvalue weighted by Crippen LogP contribution is -2.33. The van der Waals surface area contributed by atoms with E-state index < -0.39 is 17.8 Å². The number of hydrogen-bond donors (Lipinski definition) is 0. The van der Waals surface area contributed by atoms with Crippen LogP contribution in [-0.2, 0) is 16.1 Å². The highest BCUT2D eigenvalue weighted by Crippen LogP contribution is 2.26. The average Bonchev–Trinajstić information content (AvgIpc) is 2.68. The number of amides is 4. The van der Waals surface area contributed by atoms with Gasteiger partial charge in [0.05, 0.1) is 6.54 Å². The number of urea groups is 1. The van der Waals surface area contributed by atoms with E-state index in [2.05, 4.69) is 6.58 Å². The second kappa shape index (κ2) is 6.39. The number of Topliss-reactive ketones (excluding diaryl/α,β-unsaturated/α-hetero) is 1. The first-order valence-corrected chi connectivity index (χ1v) is 7.59. The predicted octanol–water partition coefficient (Wildman–Crippen LogP) is 2.29. The van der Waals surface area contributed by atoms with Crippen molar-refractivity contribution >= 4 is 23.6 Å². The van der Waals surface area contributed by atoms with Crippen molar-refractivity contribution in [3.63, 3.8) is 0 Å². The SMILES string of the molecule is C=CCN1C(=O)C(=O)N(Cc2c(C)cc(C)c(C(C)=O)c2C)C1=O. The number of rotatable bonds is 5. The van der Waals surface area contributed by atoms with Gasteiger partial charge in [0.1, 0.15) is 0 Å². The van der Waals surface area contributed by atoms with Crippen LogP contribution in [0.25, 0.3) is 0 Å². The number of hydrogen-bond acceptors (Lipinski definition) is 4. The quantitative estimate of drug-likeness (QED) is 0.360. The van der Waals surface area contributed by atoms with Crippen LogP contribution in [-0.4, -0.2) is 40.0 Å². The van der Waals surface area contributed by atoms with Crippen molar-refractivity contribution < 1.29 is 19.2 Å². The van der Waals surface area contributed by atoms with Gasteiger partial charge in [-0.15, -0.1) is 6.58 Å². The molecule has 6 nitrogen and oxygen atoms in total. The van der Waals surface area contributed by atoms with Gasteiger partial charge in [0, 0.05) is 12.1 Å². The smallest absolute Gasteiger partial charge is 0.294 e. The Balaban J connectivity index is 2.45. The van der Waals surface area contributed by atoms with Gasteiger partial charge in [-0.25, -0.2) is 4.79 Å². The Morgan fingerprint density at radius 2 is 1.67 bits per heavy atom. The van der Waals surface area contributed by atoms with Gasteiger partial charge in [-0.05, 0) is 49.9 Å². The third kappa shape index (κ3) is 2.75. The van der Waals surface area contributed by atoms with Crippen molar-refractivity contribution in [2.45, 2.75) is 34.2 Å². The maximum Gasteiger partial charge on any atom is 0.334 e. The first-order valence-electron chi connectivity index (χ1n) is 7.59. The summed E-state index contributed by atoms with van der Waals surface area (Å²) in [7, 11) is 0. The van der Waals surface area contributed by atoms with Crippen molar-refractivity contribution in [2.24, 2.45) is 0 Å². The summed E-state index contributed by atoms with van der Waals surface area (Å²) in [6.45, 7) is 10.4. The zero-order valence-electron chi connectivity index (χ0n) is 14.3. The van der Waals surface area contributed by atoms with Gasteiger partial charge in [0.25, 0.3) is 0 Å². The zero-order chi connectivity index (χ0) is 18.2. The average molecular weight is 328 g/mol. The normalized spacial score (nSPS) is 14.6. The van der Waals surface area contributed by atoms with E-state index in [1.807, 2.05) is 19.9 Å². The van der Waals surface area contributed by atoms with Crippen LogP contribution >= 0.6 is 0 Å². The second-order valence-electron chi connectivity index (χ2n) is 5.92. The highest BCUT2D eigenvalue weighted by molar-refractivity contribution is 6.44. The van der Waals surface area contributed by atoms with Crippen LogP contribution in [0.2, 0.25) is 0 Å². The van der Waals surface area contributed by atoms with Crippen molar-refractivity contribution in [3.05, 3.63) is 46.5 Å². The van der Waals surface area contributed by atoms with E-state index in [-0.39, 0.29) is 18.9 Å². The molecule has 0 unspecified atom stereocenters. The number of benzene rings is 1. The van der Waals surface area contributed by atoms with Gasteiger partial charge in [-0.2, -0.15) is 0 Å². The monoisotopic (exact) mass is 328 g/mol. The van der Waals surface area contributed by atoms with E-state index in [1.54, 1.807) is 6.92 Å². The van der Waals surface area contributed by atoms with E-state index in [1.165, 1.54) is 13.0 Å². The lowest BCUT2D eigenvalue weighted by molar-refractivity contribution is -0.143. The van der Waals surface area contributed by atoms with Crippen LogP contribution in [0.15, 0.2) is 18.7 Å². The van der Waals surface area contributed by atoms with E-state index in [0.29, 0.717) is 11.1 Å². The highest BCUT2D eigenvalue weighted by atomic mass is 16.2. The molecule has 1 aliphatic heterocycles. The number of ketones is 1. The van der Waals surface area contributed by atoms with Crippen molar-refractivity contribution in [1.82, 2.24) is 9.80 Å². The summed E-state index contributed by atoms with van der Waals surface area (Å²) in [6, 6.07) is 1.20. The summed E-state index contributed by atoms with van der Waals surface area (Å²) in [4.78, 5) is 50.0. The molecule has 24 heavy (non-hydrogen) atoms. The molecule has 0 spiro atoms. The molecule has 1 aromatic rings. The fourth-order valence-corrected chi connectivity index (χ4v) is 3.15. The van der Waals surface area contributed by atoms with Crippen LogP contribution < -0.4 is 0 Å². The largest absolute Gasteiger partial charge is 0.334 e. The summed E-state index contributed by atoms with van der Waals surface area (Å²) in [5.74, 6) is -1.78. The molecule has 6 heteroatoms. The third-order valence-electron chi connectivity index (χ3n) is 4.25. The van der Waals surface area contributed by atoms with Gasteiger partial charge in [-0.1, -0.05) is 12.1 Å². The molecule has 0 aliphatic carbocycles. The molecule has 0 radical (unpaired) electrons. The predicted molar refractivity (Wildman–Crippen MR) is 88.5 cm³/mol. The third-order valence-corrected chi connectivity index (χ3v) is 4.25. The fourth-order valence-electron chi connectivity index (χ4n) is 3.15. The molecule has 1 aliphatic rings. The molecule has 2 rings (SSSR count). The lowest BCUT2D eigenvalue weighted by atomic mass is 9.91. The molecular weight excluding hydrogens is 308 g/mol. The van der Waals surface area contributed by atoms with Crippen LogP contribution in [0, 0.1) is 20.8 Å². The molecule has 0 bridgehead atoms. The molecule has 0 N–H and O–H groups in total. The number of aryl methyl sites for hydroxylation is 2. The van der Waals surface area contributed by atoms with Gasteiger partial charge in [0.15, 0.2) is 5.78 Å². The topological polar surface area (TPSA) is 74.8 Å². The minimum absolute atomic E-state index is 0.00946. The Hall–Kier alpha value is -2.76. The molecular formula is C18H20N2O4. The Bertz CT molecular complexity index is 780. The van der Waals surface area contributed by atoms with E-state index >= 15 is 0 Å². The van der Waals surface area contributed by atoms with E-state index in [0.717, 1.165) is 26.5 Å². The maximum atomic E-state index is 12.3. The number of carbonyl (C=O) groups is 4. The van der Waals surface area contributed by atoms with Gasteiger partial charge >= 0.3 is 17.8 Å². The maximum absolute atomic E-state index is 12.3. The van der Waals surface area contributed by atoms with E-state index in [9.17, 15) is 19.2 Å². The molecule has 126 valence electrons. The van der Waals surface area contributed by atoms with Crippen LogP contribution in [0.3, 0.4) is 0 Å². The lowest BCUT2D eigenvalue weighted by Gasteiger charge is -2.20. The minimum atomic E-state index is -0.856. The minimum Gasteiger partial charge on any atom is -0.294 e.